The molecule has 1 aromatic heterocycles. The summed E-state index contributed by atoms with van der Waals surface area (Å²) >= 11 is 4.95. The first-order valence-electron chi connectivity index (χ1n) is 5.47. The minimum atomic E-state index is 0.237. The van der Waals surface area contributed by atoms with Crippen LogP contribution in [0.5, 0.6) is 0 Å². The minimum absolute atomic E-state index is 0.237. The van der Waals surface area contributed by atoms with Crippen LogP contribution < -0.4 is 5.73 Å². The van der Waals surface area contributed by atoms with Gasteiger partial charge in [-0.1, -0.05) is 47.8 Å². The molecule has 0 radical (unpaired) electrons. The standard InChI is InChI=1S/C12H14N4OS/c1-17-8-10-11(12(13)18)14-15-16(10)7-9-5-3-2-4-6-9/h2-6H,7-8H2,1H3,(H2,13,18). The summed E-state index contributed by atoms with van der Waals surface area (Å²) < 4.78 is 6.90. The third kappa shape index (κ3) is 2.72. The van der Waals surface area contributed by atoms with Crippen molar-refractivity contribution in [2.45, 2.75) is 13.2 Å². The first-order chi connectivity index (χ1) is 8.72. The molecule has 0 saturated carbocycles. The summed E-state index contributed by atoms with van der Waals surface area (Å²) in [6.45, 7) is 1.00. The monoisotopic (exact) mass is 262 g/mol. The number of hydrogen-bond donors (Lipinski definition) is 1. The molecule has 1 aromatic carbocycles. The SMILES string of the molecule is COCc1c(C(N)=S)nnn1Cc1ccccc1. The van der Waals surface area contributed by atoms with Crippen LogP contribution in [0.15, 0.2) is 30.3 Å². The van der Waals surface area contributed by atoms with Gasteiger partial charge >= 0.3 is 0 Å². The maximum Gasteiger partial charge on any atom is 0.145 e. The van der Waals surface area contributed by atoms with E-state index in [1.807, 2.05) is 30.3 Å². The van der Waals surface area contributed by atoms with Gasteiger partial charge in [0.25, 0.3) is 0 Å². The Bertz CT molecular complexity index is 538. The number of hydrogen-bond acceptors (Lipinski definition) is 4. The number of aromatic nitrogens is 3. The maximum absolute atomic E-state index is 5.61. The fourth-order valence-corrected chi connectivity index (χ4v) is 1.85. The second-order valence-corrected chi connectivity index (χ2v) is 4.27. The number of benzene rings is 1. The summed E-state index contributed by atoms with van der Waals surface area (Å²) in [5, 5.41) is 8.07. The normalized spacial score (nSPS) is 10.5. The predicted octanol–water partition coefficient (Wildman–Crippen LogP) is 1.11. The van der Waals surface area contributed by atoms with Crippen LogP contribution in [-0.2, 0) is 17.9 Å². The van der Waals surface area contributed by atoms with Crippen LogP contribution in [0.3, 0.4) is 0 Å². The van der Waals surface area contributed by atoms with Crippen LogP contribution in [0.25, 0.3) is 0 Å². The first-order valence-corrected chi connectivity index (χ1v) is 5.88. The number of thiocarbonyl (C=S) groups is 1. The minimum Gasteiger partial charge on any atom is -0.388 e. The van der Waals surface area contributed by atoms with Crippen molar-refractivity contribution in [2.75, 3.05) is 7.11 Å². The molecule has 5 nitrogen and oxygen atoms in total. The van der Waals surface area contributed by atoms with Crippen molar-refractivity contribution < 1.29 is 4.74 Å². The summed E-state index contributed by atoms with van der Waals surface area (Å²) in [7, 11) is 1.61. The van der Waals surface area contributed by atoms with Gasteiger partial charge in [0.1, 0.15) is 10.7 Å². The molecule has 0 unspecified atom stereocenters. The van der Waals surface area contributed by atoms with E-state index in [4.69, 9.17) is 22.7 Å². The zero-order chi connectivity index (χ0) is 13.0. The Morgan fingerprint density at radius 2 is 2.11 bits per heavy atom. The zero-order valence-corrected chi connectivity index (χ0v) is 10.9. The Hall–Kier alpha value is -1.79. The third-order valence-electron chi connectivity index (χ3n) is 2.53. The van der Waals surface area contributed by atoms with Crippen molar-refractivity contribution in [3.8, 4) is 0 Å². The van der Waals surface area contributed by atoms with E-state index < -0.39 is 0 Å². The lowest BCUT2D eigenvalue weighted by atomic mass is 10.2. The van der Waals surface area contributed by atoms with Gasteiger partial charge in [0.05, 0.1) is 18.8 Å². The molecule has 2 N–H and O–H groups in total. The van der Waals surface area contributed by atoms with Crippen molar-refractivity contribution in [1.29, 1.82) is 0 Å². The Labute approximate surface area is 111 Å². The van der Waals surface area contributed by atoms with Crippen LogP contribution in [0.2, 0.25) is 0 Å². The van der Waals surface area contributed by atoms with E-state index in [2.05, 4.69) is 10.3 Å². The van der Waals surface area contributed by atoms with Crippen LogP contribution in [0.1, 0.15) is 17.0 Å². The summed E-state index contributed by atoms with van der Waals surface area (Å²) in [5.41, 5.74) is 8.08. The van der Waals surface area contributed by atoms with Crippen LogP contribution in [0, 0.1) is 0 Å². The summed E-state index contributed by atoms with van der Waals surface area (Å²) in [6, 6.07) is 9.99. The van der Waals surface area contributed by atoms with Gasteiger partial charge in [-0.15, -0.1) is 5.10 Å². The van der Waals surface area contributed by atoms with E-state index in [0.29, 0.717) is 18.8 Å². The van der Waals surface area contributed by atoms with Crippen molar-refractivity contribution in [2.24, 2.45) is 5.73 Å². The molecule has 0 atom stereocenters. The van der Waals surface area contributed by atoms with Gasteiger partial charge in [-0.25, -0.2) is 4.68 Å². The fourth-order valence-electron chi connectivity index (χ4n) is 1.69. The van der Waals surface area contributed by atoms with Gasteiger partial charge in [0, 0.05) is 7.11 Å². The number of nitrogens with two attached hydrogens (primary N) is 1. The highest BCUT2D eigenvalue weighted by molar-refractivity contribution is 7.80. The first kappa shape index (κ1) is 12.7. The average molecular weight is 262 g/mol. The smallest absolute Gasteiger partial charge is 0.145 e. The number of nitrogens with zero attached hydrogens (tertiary/aromatic N) is 3. The highest BCUT2D eigenvalue weighted by Gasteiger charge is 2.14. The maximum atomic E-state index is 5.61. The molecule has 0 saturated heterocycles. The molecule has 6 heteroatoms. The Morgan fingerprint density at radius 3 is 2.72 bits per heavy atom. The molecule has 1 heterocycles. The largest absolute Gasteiger partial charge is 0.388 e. The van der Waals surface area contributed by atoms with E-state index in [9.17, 15) is 0 Å². The molecule has 94 valence electrons. The highest BCUT2D eigenvalue weighted by Crippen LogP contribution is 2.10. The predicted molar refractivity (Wildman–Crippen MR) is 72.2 cm³/mol. The Morgan fingerprint density at radius 1 is 1.39 bits per heavy atom. The van der Waals surface area contributed by atoms with Gasteiger partial charge in [0.2, 0.25) is 0 Å². The van der Waals surface area contributed by atoms with Gasteiger partial charge < -0.3 is 10.5 Å². The van der Waals surface area contributed by atoms with E-state index in [1.54, 1.807) is 11.8 Å². The molecule has 0 bridgehead atoms. The van der Waals surface area contributed by atoms with Gasteiger partial charge in [-0.05, 0) is 5.56 Å². The molecular formula is C12H14N4OS. The molecule has 18 heavy (non-hydrogen) atoms. The van der Waals surface area contributed by atoms with Crippen LogP contribution in [0.4, 0.5) is 0 Å². The lowest BCUT2D eigenvalue weighted by Crippen LogP contribution is -2.15. The lowest BCUT2D eigenvalue weighted by Gasteiger charge is -2.06. The quantitative estimate of drug-likeness (QED) is 0.818. The second kappa shape index (κ2) is 5.70. The summed E-state index contributed by atoms with van der Waals surface area (Å²) in [4.78, 5) is 0.237. The molecular weight excluding hydrogens is 248 g/mol. The molecule has 0 amide bonds. The summed E-state index contributed by atoms with van der Waals surface area (Å²) in [5.74, 6) is 0. The van der Waals surface area contributed by atoms with Crippen molar-refractivity contribution in [3.63, 3.8) is 0 Å². The number of rotatable bonds is 5. The number of methoxy groups -OCH3 is 1. The molecule has 0 aliphatic heterocycles. The van der Waals surface area contributed by atoms with Crippen molar-refractivity contribution in [3.05, 3.63) is 47.3 Å². The molecule has 0 aliphatic carbocycles. The fraction of sp³-hybridized carbons (Fsp3) is 0.250. The Kier molecular flexibility index (Phi) is 4.01. The van der Waals surface area contributed by atoms with Crippen LogP contribution >= 0.6 is 12.2 Å². The second-order valence-electron chi connectivity index (χ2n) is 3.83. The number of ether oxygens (including phenoxy) is 1. The average Bonchev–Trinajstić information content (AvgIpc) is 2.74. The van der Waals surface area contributed by atoms with Gasteiger partial charge in [-0.3, -0.25) is 0 Å². The molecule has 0 spiro atoms. The summed E-state index contributed by atoms with van der Waals surface area (Å²) in [6.07, 6.45) is 0. The molecule has 2 rings (SSSR count). The van der Waals surface area contributed by atoms with Gasteiger partial charge in [0.15, 0.2) is 0 Å². The topological polar surface area (TPSA) is 66.0 Å². The van der Waals surface area contributed by atoms with Crippen LogP contribution in [-0.4, -0.2) is 27.1 Å². The third-order valence-corrected chi connectivity index (χ3v) is 2.72. The van der Waals surface area contributed by atoms with E-state index in [-0.39, 0.29) is 4.99 Å². The Balaban J connectivity index is 2.30. The van der Waals surface area contributed by atoms with E-state index in [0.717, 1.165) is 11.3 Å². The van der Waals surface area contributed by atoms with Crippen molar-refractivity contribution in [1.82, 2.24) is 15.0 Å². The van der Waals surface area contributed by atoms with E-state index in [1.165, 1.54) is 0 Å². The van der Waals surface area contributed by atoms with E-state index >= 15 is 0 Å². The van der Waals surface area contributed by atoms with Gasteiger partial charge in [-0.2, -0.15) is 0 Å². The van der Waals surface area contributed by atoms with Crippen molar-refractivity contribution >= 4 is 17.2 Å². The highest BCUT2D eigenvalue weighted by atomic mass is 32.1. The molecule has 0 aliphatic rings. The molecule has 0 fully saturated rings. The zero-order valence-electron chi connectivity index (χ0n) is 10.0. The lowest BCUT2D eigenvalue weighted by molar-refractivity contribution is 0.177. The molecule has 2 aromatic rings.